The molecular formula is CH2BF3I-. The van der Waals surface area contributed by atoms with Crippen LogP contribution in [0.1, 0.15) is 0 Å². The molecule has 0 unspecified atom stereocenters. The third kappa shape index (κ3) is 4.58. The van der Waals surface area contributed by atoms with Crippen LogP contribution in [0.2, 0.25) is 0 Å². The molecule has 0 saturated heterocycles. The Morgan fingerprint density at radius 1 is 1.33 bits per heavy atom. The minimum atomic E-state index is -4.50. The number of alkyl halides is 1. The summed E-state index contributed by atoms with van der Waals surface area (Å²) in [7, 11) is 0. The fourth-order valence-corrected chi connectivity index (χ4v) is 0. The largest absolute Gasteiger partial charge is 0.487 e. The van der Waals surface area contributed by atoms with E-state index in [1.54, 1.807) is 0 Å². The lowest BCUT2D eigenvalue weighted by molar-refractivity contribution is 0.487. The van der Waals surface area contributed by atoms with Crippen LogP contribution in [0.4, 0.5) is 12.9 Å². The molecule has 0 aliphatic carbocycles. The lowest BCUT2D eigenvalue weighted by Crippen LogP contribution is -2.16. The zero-order chi connectivity index (χ0) is 5.21. The van der Waals surface area contributed by atoms with E-state index in [4.69, 9.17) is 0 Å². The highest BCUT2D eigenvalue weighted by molar-refractivity contribution is 14.1. The Labute approximate surface area is 47.3 Å². The predicted octanol–water partition coefficient (Wildman–Crippen LogP) is 1.81. The van der Waals surface area contributed by atoms with E-state index in [1.807, 2.05) is 0 Å². The Morgan fingerprint density at radius 3 is 1.50 bits per heavy atom. The van der Waals surface area contributed by atoms with Gasteiger partial charge >= 0.3 is 6.98 Å². The Bertz CT molecular complexity index is 40.5. The van der Waals surface area contributed by atoms with Crippen molar-refractivity contribution >= 4 is 29.6 Å². The minimum Gasteiger partial charge on any atom is -0.448 e. The molecule has 0 spiro atoms. The summed E-state index contributed by atoms with van der Waals surface area (Å²) in [5.74, 6) is 0. The van der Waals surface area contributed by atoms with Crippen LogP contribution in [0.5, 0.6) is 0 Å². The SMILES string of the molecule is F[B-](F)(F)CI. The molecule has 0 bridgehead atoms. The van der Waals surface area contributed by atoms with Crippen molar-refractivity contribution in [3.63, 3.8) is 0 Å². The smallest absolute Gasteiger partial charge is 0.448 e. The highest BCUT2D eigenvalue weighted by atomic mass is 127. The first kappa shape index (κ1) is 6.58. The average molecular weight is 209 g/mol. The van der Waals surface area contributed by atoms with Gasteiger partial charge in [-0.25, -0.2) is 0 Å². The summed E-state index contributed by atoms with van der Waals surface area (Å²) in [5.41, 5.74) is 0. The summed E-state index contributed by atoms with van der Waals surface area (Å²) >= 11 is 1.30. The molecule has 0 heterocycles. The van der Waals surface area contributed by atoms with Gasteiger partial charge in [-0.2, -0.15) is 0 Å². The van der Waals surface area contributed by atoms with Gasteiger partial charge in [0.15, 0.2) is 0 Å². The first-order valence-corrected chi connectivity index (χ1v) is 2.86. The quantitative estimate of drug-likeness (QED) is 0.350. The monoisotopic (exact) mass is 209 g/mol. The first-order chi connectivity index (χ1) is 2.56. The van der Waals surface area contributed by atoms with Crippen molar-refractivity contribution in [2.24, 2.45) is 0 Å². The molecule has 0 aromatic rings. The second-order valence-corrected chi connectivity index (χ2v) is 1.75. The molecule has 5 heteroatoms. The van der Waals surface area contributed by atoms with Gasteiger partial charge in [0.2, 0.25) is 0 Å². The van der Waals surface area contributed by atoms with Crippen molar-refractivity contribution in [2.75, 3.05) is 4.33 Å². The summed E-state index contributed by atoms with van der Waals surface area (Å²) < 4.78 is 31.8. The van der Waals surface area contributed by atoms with Gasteiger partial charge in [-0.15, -0.1) is 22.6 Å². The van der Waals surface area contributed by atoms with Crippen LogP contribution in [0.3, 0.4) is 0 Å². The topological polar surface area (TPSA) is 0 Å². The Kier molecular flexibility index (Phi) is 2.24. The summed E-state index contributed by atoms with van der Waals surface area (Å²) in [6, 6.07) is 0. The number of hydrogen-bond acceptors (Lipinski definition) is 0. The standard InChI is InChI=1S/CH2BF3I/c3-2(4,5)1-6/h1H2/q-1. The van der Waals surface area contributed by atoms with Gasteiger partial charge in [-0.3, -0.25) is 0 Å². The van der Waals surface area contributed by atoms with Gasteiger partial charge in [-0.1, -0.05) is 0 Å². The lowest BCUT2D eigenvalue weighted by atomic mass is 9.98. The second kappa shape index (κ2) is 2.04. The zero-order valence-electron chi connectivity index (χ0n) is 2.80. The molecule has 0 atom stereocenters. The Hall–Kier alpha value is 0.585. The van der Waals surface area contributed by atoms with E-state index in [2.05, 4.69) is 0 Å². The van der Waals surface area contributed by atoms with Gasteiger partial charge in [0.25, 0.3) is 0 Å². The van der Waals surface area contributed by atoms with Crippen LogP contribution in [0.15, 0.2) is 0 Å². The normalized spacial score (nSPS) is 12.0. The molecule has 0 aromatic carbocycles. The fraction of sp³-hybridized carbons (Fsp3) is 1.00. The van der Waals surface area contributed by atoms with Gasteiger partial charge in [0.05, 0.1) is 0 Å². The molecule has 38 valence electrons. The van der Waals surface area contributed by atoms with Crippen LogP contribution in [0.25, 0.3) is 0 Å². The molecule has 0 fully saturated rings. The van der Waals surface area contributed by atoms with Crippen molar-refractivity contribution in [1.82, 2.24) is 0 Å². The molecule has 6 heavy (non-hydrogen) atoms. The summed E-state index contributed by atoms with van der Waals surface area (Å²) in [5, 5.41) is 0. The molecule has 0 N–H and O–H groups in total. The maximum Gasteiger partial charge on any atom is 0.487 e. The number of halogens is 4. The van der Waals surface area contributed by atoms with Gasteiger partial charge in [0.1, 0.15) is 0 Å². The van der Waals surface area contributed by atoms with Crippen LogP contribution in [-0.2, 0) is 0 Å². The summed E-state index contributed by atoms with van der Waals surface area (Å²) in [4.78, 5) is 0. The van der Waals surface area contributed by atoms with E-state index in [-0.39, 0.29) is 0 Å². The fourth-order valence-electron chi connectivity index (χ4n) is 0. The molecular weight excluding hydrogens is 207 g/mol. The molecule has 0 aliphatic heterocycles. The van der Waals surface area contributed by atoms with Crippen molar-refractivity contribution in [1.29, 1.82) is 0 Å². The molecule has 0 nitrogen and oxygen atoms in total. The summed E-state index contributed by atoms with van der Waals surface area (Å²) in [6.07, 6.45) is 0. The Morgan fingerprint density at radius 2 is 1.50 bits per heavy atom. The van der Waals surface area contributed by atoms with E-state index in [9.17, 15) is 12.9 Å². The third-order valence-corrected chi connectivity index (χ3v) is 1.17. The molecule has 0 amide bonds. The lowest BCUT2D eigenvalue weighted by Gasteiger charge is -2.05. The molecule has 0 radical (unpaired) electrons. The van der Waals surface area contributed by atoms with Crippen molar-refractivity contribution < 1.29 is 12.9 Å². The van der Waals surface area contributed by atoms with Crippen molar-refractivity contribution in [3.8, 4) is 0 Å². The average Bonchev–Trinajstić information content (AvgIpc) is 1.35. The van der Waals surface area contributed by atoms with E-state index in [0.717, 1.165) is 0 Å². The second-order valence-electron chi connectivity index (χ2n) is 0.865. The highest BCUT2D eigenvalue weighted by Crippen LogP contribution is 2.10. The molecule has 0 aromatic heterocycles. The van der Waals surface area contributed by atoms with Crippen LogP contribution in [0, 0.1) is 0 Å². The summed E-state index contributed by atoms with van der Waals surface area (Å²) in [6.45, 7) is -4.50. The van der Waals surface area contributed by atoms with Crippen LogP contribution >= 0.6 is 22.6 Å². The van der Waals surface area contributed by atoms with E-state index < -0.39 is 11.3 Å². The van der Waals surface area contributed by atoms with Gasteiger partial charge < -0.3 is 12.9 Å². The zero-order valence-corrected chi connectivity index (χ0v) is 4.95. The molecule has 0 rings (SSSR count). The van der Waals surface area contributed by atoms with Gasteiger partial charge in [0, 0.05) is 0 Å². The number of rotatable bonds is 1. The van der Waals surface area contributed by atoms with Crippen molar-refractivity contribution in [2.45, 2.75) is 0 Å². The first-order valence-electron chi connectivity index (χ1n) is 1.33. The predicted molar refractivity (Wildman–Crippen MR) is 28.0 cm³/mol. The minimum absolute atomic E-state index is 0.697. The van der Waals surface area contributed by atoms with Gasteiger partial charge in [-0.05, 0) is 4.33 Å². The van der Waals surface area contributed by atoms with Crippen LogP contribution < -0.4 is 0 Å². The maximum atomic E-state index is 10.8. The van der Waals surface area contributed by atoms with E-state index in [1.165, 1.54) is 22.6 Å². The maximum absolute atomic E-state index is 10.8. The molecule has 0 aliphatic rings. The number of hydrogen-bond donors (Lipinski definition) is 0. The van der Waals surface area contributed by atoms with E-state index in [0.29, 0.717) is 0 Å². The van der Waals surface area contributed by atoms with Crippen LogP contribution in [-0.4, -0.2) is 11.3 Å². The van der Waals surface area contributed by atoms with Crippen molar-refractivity contribution in [3.05, 3.63) is 0 Å². The third-order valence-electron chi connectivity index (χ3n) is 0.175. The molecule has 0 saturated carbocycles. The Balaban J connectivity index is 3.17. The highest BCUT2D eigenvalue weighted by Gasteiger charge is 2.19. The van der Waals surface area contributed by atoms with E-state index >= 15 is 0 Å².